The Balaban J connectivity index is 2.11. The molecule has 2 rings (SSSR count). The minimum absolute atomic E-state index is 0.140. The van der Waals surface area contributed by atoms with Crippen LogP contribution in [0.4, 0.5) is 5.13 Å². The van der Waals surface area contributed by atoms with Gasteiger partial charge in [0.15, 0.2) is 16.6 Å². The minimum Gasteiger partial charge on any atom is -0.461 e. The van der Waals surface area contributed by atoms with Crippen LogP contribution >= 0.6 is 11.3 Å². The van der Waals surface area contributed by atoms with Gasteiger partial charge in [-0.3, -0.25) is 4.79 Å². The standard InChI is InChI=1S/C15H22N2O3S/c1-4-20-14(19)12-13(10(3)18)21-15(17-12)16-11-7-5-9(2)6-8-11/h9,11H,4-8H2,1-3H3,(H,16,17). The largest absolute Gasteiger partial charge is 0.461 e. The van der Waals surface area contributed by atoms with Crippen molar-refractivity contribution in [1.29, 1.82) is 0 Å². The first kappa shape index (κ1) is 15.9. The van der Waals surface area contributed by atoms with E-state index >= 15 is 0 Å². The van der Waals surface area contributed by atoms with Gasteiger partial charge in [-0.25, -0.2) is 9.78 Å². The van der Waals surface area contributed by atoms with Crippen LogP contribution in [0, 0.1) is 5.92 Å². The predicted molar refractivity (Wildman–Crippen MR) is 83.1 cm³/mol. The summed E-state index contributed by atoms with van der Waals surface area (Å²) >= 11 is 1.24. The number of carbonyl (C=O) groups is 2. The van der Waals surface area contributed by atoms with Gasteiger partial charge >= 0.3 is 5.97 Å². The van der Waals surface area contributed by atoms with Gasteiger partial charge in [0.05, 0.1) is 6.61 Å². The Morgan fingerprint density at radius 1 is 1.33 bits per heavy atom. The normalized spacial score (nSPS) is 21.9. The number of esters is 1. The fourth-order valence-corrected chi connectivity index (χ4v) is 3.46. The van der Waals surface area contributed by atoms with Gasteiger partial charge in [-0.15, -0.1) is 0 Å². The molecule has 1 fully saturated rings. The van der Waals surface area contributed by atoms with Crippen molar-refractivity contribution in [3.8, 4) is 0 Å². The maximum absolute atomic E-state index is 11.9. The van der Waals surface area contributed by atoms with Gasteiger partial charge in [0, 0.05) is 13.0 Å². The molecule has 6 heteroatoms. The third-order valence-electron chi connectivity index (χ3n) is 3.76. The van der Waals surface area contributed by atoms with Gasteiger partial charge in [0.25, 0.3) is 0 Å². The number of anilines is 1. The average molecular weight is 310 g/mol. The highest BCUT2D eigenvalue weighted by molar-refractivity contribution is 7.17. The lowest BCUT2D eigenvalue weighted by Gasteiger charge is -2.26. The smallest absolute Gasteiger partial charge is 0.358 e. The topological polar surface area (TPSA) is 68.3 Å². The van der Waals surface area contributed by atoms with E-state index in [1.165, 1.54) is 31.1 Å². The number of nitrogens with zero attached hydrogens (tertiary/aromatic N) is 1. The van der Waals surface area contributed by atoms with Crippen LogP contribution in [0.25, 0.3) is 0 Å². The molecule has 1 saturated carbocycles. The van der Waals surface area contributed by atoms with E-state index in [1.54, 1.807) is 6.92 Å². The Labute approximate surface area is 129 Å². The number of ether oxygens (including phenoxy) is 1. The van der Waals surface area contributed by atoms with E-state index in [1.807, 2.05) is 0 Å². The van der Waals surface area contributed by atoms with E-state index in [0.717, 1.165) is 18.8 Å². The zero-order valence-corrected chi connectivity index (χ0v) is 13.6. The molecule has 1 aromatic heterocycles. The molecule has 1 aliphatic carbocycles. The number of ketones is 1. The van der Waals surface area contributed by atoms with Crippen LogP contribution in [0.2, 0.25) is 0 Å². The number of carbonyl (C=O) groups excluding carboxylic acids is 2. The van der Waals surface area contributed by atoms with Crippen molar-refractivity contribution in [1.82, 2.24) is 4.98 Å². The summed E-state index contributed by atoms with van der Waals surface area (Å²) in [7, 11) is 0. The number of Topliss-reactive ketones (excluding diaryl/α,β-unsaturated/α-hetero) is 1. The number of hydrogen-bond donors (Lipinski definition) is 1. The maximum Gasteiger partial charge on any atom is 0.358 e. The molecule has 1 heterocycles. The van der Waals surface area contributed by atoms with Gasteiger partial charge in [-0.1, -0.05) is 18.3 Å². The van der Waals surface area contributed by atoms with E-state index < -0.39 is 5.97 Å². The Morgan fingerprint density at radius 3 is 2.57 bits per heavy atom. The van der Waals surface area contributed by atoms with Crippen molar-refractivity contribution in [2.75, 3.05) is 11.9 Å². The van der Waals surface area contributed by atoms with Gasteiger partial charge < -0.3 is 10.1 Å². The van der Waals surface area contributed by atoms with Crippen LogP contribution in [0.3, 0.4) is 0 Å². The highest BCUT2D eigenvalue weighted by atomic mass is 32.1. The molecule has 0 unspecified atom stereocenters. The third kappa shape index (κ3) is 4.03. The Hall–Kier alpha value is -1.43. The second-order valence-electron chi connectivity index (χ2n) is 5.57. The summed E-state index contributed by atoms with van der Waals surface area (Å²) in [4.78, 5) is 28.2. The summed E-state index contributed by atoms with van der Waals surface area (Å²) < 4.78 is 4.96. The van der Waals surface area contributed by atoms with E-state index in [4.69, 9.17) is 4.74 Å². The van der Waals surface area contributed by atoms with E-state index in [2.05, 4.69) is 17.2 Å². The maximum atomic E-state index is 11.9. The molecule has 0 amide bonds. The molecule has 116 valence electrons. The molecule has 0 radical (unpaired) electrons. The molecule has 1 N–H and O–H groups in total. The number of hydrogen-bond acceptors (Lipinski definition) is 6. The second kappa shape index (κ2) is 7.02. The molecule has 21 heavy (non-hydrogen) atoms. The Morgan fingerprint density at radius 2 is 2.00 bits per heavy atom. The van der Waals surface area contributed by atoms with Crippen LogP contribution in [0.1, 0.15) is 66.6 Å². The van der Waals surface area contributed by atoms with Crippen LogP contribution in [-0.4, -0.2) is 29.4 Å². The quantitative estimate of drug-likeness (QED) is 0.666. The minimum atomic E-state index is -0.524. The number of rotatable bonds is 5. The van der Waals surface area contributed by atoms with Crippen molar-refractivity contribution in [3.63, 3.8) is 0 Å². The zero-order valence-electron chi connectivity index (χ0n) is 12.8. The summed E-state index contributed by atoms with van der Waals surface area (Å²) in [5.74, 6) is 0.104. The van der Waals surface area contributed by atoms with E-state index in [0.29, 0.717) is 16.1 Å². The van der Waals surface area contributed by atoms with E-state index in [-0.39, 0.29) is 18.1 Å². The molecule has 0 aliphatic heterocycles. The molecule has 0 atom stereocenters. The SMILES string of the molecule is CCOC(=O)c1nc(NC2CCC(C)CC2)sc1C(C)=O. The van der Waals surface area contributed by atoms with Crippen molar-refractivity contribution < 1.29 is 14.3 Å². The Bertz CT molecular complexity index is 519. The fraction of sp³-hybridized carbons (Fsp3) is 0.667. The highest BCUT2D eigenvalue weighted by Gasteiger charge is 2.24. The highest BCUT2D eigenvalue weighted by Crippen LogP contribution is 2.29. The lowest BCUT2D eigenvalue weighted by atomic mass is 9.87. The lowest BCUT2D eigenvalue weighted by Crippen LogP contribution is -2.25. The molecule has 0 aromatic carbocycles. The third-order valence-corrected chi connectivity index (χ3v) is 4.85. The molecule has 0 spiro atoms. The predicted octanol–water partition coefficient (Wildman–Crippen LogP) is 3.51. The molecular weight excluding hydrogens is 288 g/mol. The van der Waals surface area contributed by atoms with Crippen LogP contribution in [0.5, 0.6) is 0 Å². The van der Waals surface area contributed by atoms with E-state index in [9.17, 15) is 9.59 Å². The lowest BCUT2D eigenvalue weighted by molar-refractivity contribution is 0.0517. The molecular formula is C15H22N2O3S. The fourth-order valence-electron chi connectivity index (χ4n) is 2.54. The van der Waals surface area contributed by atoms with Gasteiger partial charge in [0.2, 0.25) is 0 Å². The monoisotopic (exact) mass is 310 g/mol. The second-order valence-corrected chi connectivity index (χ2v) is 6.57. The first-order valence-electron chi connectivity index (χ1n) is 7.46. The van der Waals surface area contributed by atoms with Gasteiger partial charge in [0.1, 0.15) is 4.88 Å². The zero-order chi connectivity index (χ0) is 15.4. The van der Waals surface area contributed by atoms with Crippen LogP contribution in [0.15, 0.2) is 0 Å². The summed E-state index contributed by atoms with van der Waals surface area (Å²) in [6.45, 7) is 5.73. The van der Waals surface area contributed by atoms with Crippen LogP contribution < -0.4 is 5.32 Å². The molecule has 0 bridgehead atoms. The molecule has 0 saturated heterocycles. The van der Waals surface area contributed by atoms with Crippen molar-refractivity contribution >= 4 is 28.2 Å². The van der Waals surface area contributed by atoms with Crippen LogP contribution in [-0.2, 0) is 4.74 Å². The molecule has 1 aromatic rings. The first-order valence-corrected chi connectivity index (χ1v) is 8.28. The summed E-state index contributed by atoms with van der Waals surface area (Å²) in [5.41, 5.74) is 0.140. The summed E-state index contributed by atoms with van der Waals surface area (Å²) in [6.07, 6.45) is 4.61. The van der Waals surface area contributed by atoms with Crippen molar-refractivity contribution in [2.24, 2.45) is 5.92 Å². The van der Waals surface area contributed by atoms with Crippen molar-refractivity contribution in [3.05, 3.63) is 10.6 Å². The van der Waals surface area contributed by atoms with Crippen molar-refractivity contribution in [2.45, 2.75) is 52.5 Å². The number of aromatic nitrogens is 1. The molecule has 5 nitrogen and oxygen atoms in total. The Kier molecular flexibility index (Phi) is 5.33. The summed E-state index contributed by atoms with van der Waals surface area (Å²) in [6, 6.07) is 0.377. The number of thiazole rings is 1. The first-order chi connectivity index (χ1) is 10.0. The summed E-state index contributed by atoms with van der Waals surface area (Å²) in [5, 5.41) is 4.00. The molecule has 1 aliphatic rings. The van der Waals surface area contributed by atoms with Gasteiger partial charge in [-0.2, -0.15) is 0 Å². The van der Waals surface area contributed by atoms with Gasteiger partial charge in [-0.05, 0) is 38.5 Å². The average Bonchev–Trinajstić information content (AvgIpc) is 2.86. The number of nitrogens with one attached hydrogen (secondary N) is 1.